The van der Waals surface area contributed by atoms with E-state index in [1.165, 1.54) is 0 Å². The SMILES string of the molecule is CCOC(=O)c1nnn(Cc2cccc(C(N)=O)c2)c1C. The number of carbonyl (C=O) groups excluding carboxylic acids is 2. The largest absolute Gasteiger partial charge is 0.461 e. The van der Waals surface area contributed by atoms with Crippen LogP contribution in [-0.2, 0) is 11.3 Å². The molecule has 0 saturated carbocycles. The van der Waals surface area contributed by atoms with E-state index in [1.807, 2.05) is 6.07 Å². The summed E-state index contributed by atoms with van der Waals surface area (Å²) in [6.07, 6.45) is 0. The maximum absolute atomic E-state index is 11.7. The highest BCUT2D eigenvalue weighted by molar-refractivity contribution is 5.92. The molecule has 1 heterocycles. The van der Waals surface area contributed by atoms with E-state index in [1.54, 1.807) is 36.7 Å². The van der Waals surface area contributed by atoms with Crippen molar-refractivity contribution in [1.29, 1.82) is 0 Å². The molecular formula is C14H16N4O3. The normalized spacial score (nSPS) is 10.4. The Morgan fingerprint density at radius 2 is 2.14 bits per heavy atom. The van der Waals surface area contributed by atoms with Gasteiger partial charge < -0.3 is 10.5 Å². The number of nitrogens with zero attached hydrogens (tertiary/aromatic N) is 3. The molecule has 0 radical (unpaired) electrons. The molecule has 1 aromatic carbocycles. The van der Waals surface area contributed by atoms with Crippen LogP contribution in [0.15, 0.2) is 24.3 Å². The minimum Gasteiger partial charge on any atom is -0.461 e. The number of nitrogens with two attached hydrogens (primary N) is 1. The zero-order valence-electron chi connectivity index (χ0n) is 11.9. The highest BCUT2D eigenvalue weighted by atomic mass is 16.5. The molecule has 2 aromatic rings. The summed E-state index contributed by atoms with van der Waals surface area (Å²) in [5.74, 6) is -0.980. The van der Waals surface area contributed by atoms with Gasteiger partial charge in [0.1, 0.15) is 0 Å². The van der Waals surface area contributed by atoms with Gasteiger partial charge >= 0.3 is 5.97 Å². The molecule has 21 heavy (non-hydrogen) atoms. The van der Waals surface area contributed by atoms with Crippen molar-refractivity contribution < 1.29 is 14.3 Å². The fourth-order valence-corrected chi connectivity index (χ4v) is 1.89. The van der Waals surface area contributed by atoms with Crippen molar-refractivity contribution >= 4 is 11.9 Å². The second kappa shape index (κ2) is 6.17. The fourth-order valence-electron chi connectivity index (χ4n) is 1.89. The Morgan fingerprint density at radius 3 is 2.81 bits per heavy atom. The van der Waals surface area contributed by atoms with Crippen LogP contribution in [0, 0.1) is 6.92 Å². The Labute approximate surface area is 121 Å². The van der Waals surface area contributed by atoms with Crippen molar-refractivity contribution in [3.05, 3.63) is 46.8 Å². The van der Waals surface area contributed by atoms with Gasteiger partial charge in [0.25, 0.3) is 0 Å². The van der Waals surface area contributed by atoms with Crippen LogP contribution in [-0.4, -0.2) is 33.5 Å². The van der Waals surface area contributed by atoms with Crippen molar-refractivity contribution in [1.82, 2.24) is 15.0 Å². The van der Waals surface area contributed by atoms with Crippen LogP contribution in [0.1, 0.15) is 39.0 Å². The van der Waals surface area contributed by atoms with Crippen molar-refractivity contribution in [3.8, 4) is 0 Å². The molecule has 0 unspecified atom stereocenters. The van der Waals surface area contributed by atoms with Crippen LogP contribution < -0.4 is 5.73 Å². The second-order valence-corrected chi connectivity index (χ2v) is 4.47. The van der Waals surface area contributed by atoms with Crippen LogP contribution in [0.2, 0.25) is 0 Å². The van der Waals surface area contributed by atoms with Crippen LogP contribution in [0.25, 0.3) is 0 Å². The smallest absolute Gasteiger partial charge is 0.360 e. The lowest BCUT2D eigenvalue weighted by Gasteiger charge is -2.05. The molecule has 1 amide bonds. The van der Waals surface area contributed by atoms with E-state index in [9.17, 15) is 9.59 Å². The number of primary amides is 1. The van der Waals surface area contributed by atoms with Gasteiger partial charge in [-0.3, -0.25) is 4.79 Å². The van der Waals surface area contributed by atoms with Gasteiger partial charge in [0, 0.05) is 5.56 Å². The van der Waals surface area contributed by atoms with Crippen LogP contribution in [0.5, 0.6) is 0 Å². The zero-order chi connectivity index (χ0) is 15.4. The first kappa shape index (κ1) is 14.7. The summed E-state index contributed by atoms with van der Waals surface area (Å²) in [6.45, 7) is 4.14. The first-order valence-electron chi connectivity index (χ1n) is 6.49. The van der Waals surface area contributed by atoms with Crippen LogP contribution >= 0.6 is 0 Å². The van der Waals surface area contributed by atoms with E-state index in [4.69, 9.17) is 10.5 Å². The van der Waals surface area contributed by atoms with E-state index in [-0.39, 0.29) is 12.3 Å². The van der Waals surface area contributed by atoms with E-state index < -0.39 is 11.9 Å². The van der Waals surface area contributed by atoms with E-state index in [0.717, 1.165) is 5.56 Å². The zero-order valence-corrected chi connectivity index (χ0v) is 11.9. The molecular weight excluding hydrogens is 272 g/mol. The summed E-state index contributed by atoms with van der Waals surface area (Å²) >= 11 is 0. The molecule has 0 aliphatic rings. The van der Waals surface area contributed by atoms with E-state index in [0.29, 0.717) is 17.8 Å². The van der Waals surface area contributed by atoms with E-state index >= 15 is 0 Å². The number of benzene rings is 1. The van der Waals surface area contributed by atoms with Crippen molar-refractivity contribution in [2.24, 2.45) is 5.73 Å². The van der Waals surface area contributed by atoms with Crippen LogP contribution in [0.3, 0.4) is 0 Å². The monoisotopic (exact) mass is 288 g/mol. The summed E-state index contributed by atoms with van der Waals surface area (Å²) in [4.78, 5) is 22.8. The molecule has 0 saturated heterocycles. The molecule has 2 rings (SSSR count). The number of ether oxygens (including phenoxy) is 1. The molecule has 0 bridgehead atoms. The topological polar surface area (TPSA) is 100 Å². The lowest BCUT2D eigenvalue weighted by atomic mass is 10.1. The van der Waals surface area contributed by atoms with Gasteiger partial charge in [0.05, 0.1) is 18.8 Å². The van der Waals surface area contributed by atoms with Crippen molar-refractivity contribution in [3.63, 3.8) is 0 Å². The minimum atomic E-state index is -0.493. The summed E-state index contributed by atoms with van der Waals surface area (Å²) in [5.41, 5.74) is 7.32. The van der Waals surface area contributed by atoms with Gasteiger partial charge in [-0.05, 0) is 31.5 Å². The number of carbonyl (C=O) groups is 2. The predicted octanol–water partition coefficient (Wildman–Crippen LogP) is 0.910. The Balaban J connectivity index is 2.23. The van der Waals surface area contributed by atoms with Gasteiger partial charge in [-0.1, -0.05) is 17.3 Å². The third-order valence-electron chi connectivity index (χ3n) is 3.00. The number of rotatable bonds is 5. The predicted molar refractivity (Wildman–Crippen MR) is 74.8 cm³/mol. The molecule has 0 fully saturated rings. The molecule has 0 spiro atoms. The first-order chi connectivity index (χ1) is 10.0. The maximum atomic E-state index is 11.7. The summed E-state index contributed by atoms with van der Waals surface area (Å²) < 4.78 is 6.48. The lowest BCUT2D eigenvalue weighted by molar-refractivity contribution is 0.0518. The first-order valence-corrected chi connectivity index (χ1v) is 6.49. The third-order valence-corrected chi connectivity index (χ3v) is 3.00. The highest BCUT2D eigenvalue weighted by Gasteiger charge is 2.17. The average molecular weight is 288 g/mol. The van der Waals surface area contributed by atoms with Gasteiger partial charge in [-0.25, -0.2) is 9.48 Å². The number of esters is 1. The maximum Gasteiger partial charge on any atom is 0.360 e. The number of hydrogen-bond donors (Lipinski definition) is 1. The Kier molecular flexibility index (Phi) is 4.32. The summed E-state index contributed by atoms with van der Waals surface area (Å²) in [6, 6.07) is 6.92. The number of hydrogen-bond acceptors (Lipinski definition) is 5. The highest BCUT2D eigenvalue weighted by Crippen LogP contribution is 2.10. The average Bonchev–Trinajstić information content (AvgIpc) is 2.81. The standard InChI is InChI=1S/C14H16N4O3/c1-3-21-14(20)12-9(2)18(17-16-12)8-10-5-4-6-11(7-10)13(15)19/h4-7H,3,8H2,1-2H3,(H2,15,19). The molecule has 0 aliphatic heterocycles. The van der Waals surface area contributed by atoms with Gasteiger partial charge in [-0.15, -0.1) is 5.10 Å². The molecule has 0 atom stereocenters. The van der Waals surface area contributed by atoms with Gasteiger partial charge in [-0.2, -0.15) is 0 Å². The number of amides is 1. The third kappa shape index (κ3) is 3.25. The second-order valence-electron chi connectivity index (χ2n) is 4.47. The van der Waals surface area contributed by atoms with Crippen molar-refractivity contribution in [2.45, 2.75) is 20.4 Å². The molecule has 7 nitrogen and oxygen atoms in total. The quantitative estimate of drug-likeness (QED) is 0.824. The lowest BCUT2D eigenvalue weighted by Crippen LogP contribution is -2.12. The van der Waals surface area contributed by atoms with E-state index in [2.05, 4.69) is 10.3 Å². The Morgan fingerprint density at radius 1 is 1.38 bits per heavy atom. The summed E-state index contributed by atoms with van der Waals surface area (Å²) in [5, 5.41) is 7.77. The Bertz CT molecular complexity index is 679. The summed E-state index contributed by atoms with van der Waals surface area (Å²) in [7, 11) is 0. The van der Waals surface area contributed by atoms with Crippen LogP contribution in [0.4, 0.5) is 0 Å². The number of aromatic nitrogens is 3. The molecule has 2 N–H and O–H groups in total. The van der Waals surface area contributed by atoms with Gasteiger partial charge in [0.2, 0.25) is 5.91 Å². The van der Waals surface area contributed by atoms with Gasteiger partial charge in [0.15, 0.2) is 5.69 Å². The Hall–Kier alpha value is -2.70. The molecule has 1 aromatic heterocycles. The molecule has 7 heteroatoms. The molecule has 0 aliphatic carbocycles. The fraction of sp³-hybridized carbons (Fsp3) is 0.286. The van der Waals surface area contributed by atoms with Crippen molar-refractivity contribution in [2.75, 3.05) is 6.61 Å². The minimum absolute atomic E-state index is 0.197. The molecule has 110 valence electrons.